The number of carbonyl (C=O) groups excluding carboxylic acids is 1. The maximum absolute atomic E-state index is 12.2. The predicted molar refractivity (Wildman–Crippen MR) is 90.6 cm³/mol. The molecule has 25 heavy (non-hydrogen) atoms. The number of fused-ring (bicyclic) bond motifs is 1. The number of methoxy groups -OCH3 is 1. The van der Waals surface area contributed by atoms with Crippen molar-refractivity contribution in [3.8, 4) is 23.3 Å². The van der Waals surface area contributed by atoms with Gasteiger partial charge in [0.2, 0.25) is 0 Å². The van der Waals surface area contributed by atoms with Crippen molar-refractivity contribution in [3.05, 3.63) is 53.6 Å². The lowest BCUT2D eigenvalue weighted by molar-refractivity contribution is -0.124. The summed E-state index contributed by atoms with van der Waals surface area (Å²) in [6.45, 7) is 0.425. The van der Waals surface area contributed by atoms with Crippen LogP contribution < -0.4 is 19.5 Å². The van der Waals surface area contributed by atoms with E-state index < -0.39 is 0 Å². The van der Waals surface area contributed by atoms with E-state index >= 15 is 0 Å². The fraction of sp³-hybridized carbons (Fsp3) is 0.263. The van der Waals surface area contributed by atoms with E-state index in [0.29, 0.717) is 30.1 Å². The van der Waals surface area contributed by atoms with E-state index in [2.05, 4.69) is 5.32 Å². The molecule has 0 bridgehead atoms. The van der Waals surface area contributed by atoms with Gasteiger partial charge in [-0.1, -0.05) is 18.2 Å². The van der Waals surface area contributed by atoms with Gasteiger partial charge in [-0.3, -0.25) is 4.79 Å². The fourth-order valence-electron chi connectivity index (χ4n) is 2.73. The van der Waals surface area contributed by atoms with Crippen LogP contribution in [0, 0.1) is 11.3 Å². The lowest BCUT2D eigenvalue weighted by atomic mass is 10.0. The second-order valence-corrected chi connectivity index (χ2v) is 5.56. The highest BCUT2D eigenvalue weighted by molar-refractivity contribution is 5.78. The largest absolute Gasteiger partial charge is 0.493 e. The van der Waals surface area contributed by atoms with Crippen molar-refractivity contribution in [2.24, 2.45) is 0 Å². The van der Waals surface area contributed by atoms with Gasteiger partial charge in [-0.15, -0.1) is 0 Å². The Balaban J connectivity index is 1.62. The zero-order valence-electron chi connectivity index (χ0n) is 13.8. The molecule has 3 rings (SSSR count). The van der Waals surface area contributed by atoms with Gasteiger partial charge in [0.15, 0.2) is 18.1 Å². The molecule has 1 amide bonds. The first-order valence-electron chi connectivity index (χ1n) is 7.93. The number of carbonyl (C=O) groups is 1. The van der Waals surface area contributed by atoms with E-state index in [1.807, 2.05) is 30.3 Å². The average molecular weight is 338 g/mol. The molecule has 1 N–H and O–H groups in total. The molecule has 0 aromatic heterocycles. The Morgan fingerprint density at radius 3 is 2.96 bits per heavy atom. The highest BCUT2D eigenvalue weighted by Crippen LogP contribution is 2.31. The third-order valence-corrected chi connectivity index (χ3v) is 3.95. The van der Waals surface area contributed by atoms with Crippen LogP contribution >= 0.6 is 0 Å². The van der Waals surface area contributed by atoms with Crippen LogP contribution in [-0.2, 0) is 4.79 Å². The maximum Gasteiger partial charge on any atom is 0.258 e. The topological polar surface area (TPSA) is 80.6 Å². The van der Waals surface area contributed by atoms with Gasteiger partial charge in [-0.25, -0.2) is 0 Å². The molecule has 0 saturated heterocycles. The molecule has 0 radical (unpaired) electrons. The number of nitrogens with zero attached hydrogens (tertiary/aromatic N) is 1. The molecule has 0 saturated carbocycles. The van der Waals surface area contributed by atoms with Crippen LogP contribution in [0.5, 0.6) is 17.2 Å². The van der Waals surface area contributed by atoms with Crippen LogP contribution in [0.4, 0.5) is 0 Å². The third kappa shape index (κ3) is 3.83. The Morgan fingerprint density at radius 1 is 1.32 bits per heavy atom. The molecule has 1 aliphatic rings. The van der Waals surface area contributed by atoms with E-state index in [0.717, 1.165) is 11.3 Å². The maximum atomic E-state index is 12.2. The van der Waals surface area contributed by atoms with Crippen molar-refractivity contribution in [2.45, 2.75) is 12.5 Å². The predicted octanol–water partition coefficient (Wildman–Crippen LogP) is 2.59. The van der Waals surface area contributed by atoms with Crippen molar-refractivity contribution in [2.75, 3.05) is 20.3 Å². The van der Waals surface area contributed by atoms with Gasteiger partial charge in [0, 0.05) is 18.1 Å². The molecular formula is C19H18N2O4. The van der Waals surface area contributed by atoms with Crippen LogP contribution in [0.2, 0.25) is 0 Å². The first-order valence-corrected chi connectivity index (χ1v) is 7.93. The molecule has 6 nitrogen and oxygen atoms in total. The molecule has 0 spiro atoms. The van der Waals surface area contributed by atoms with Crippen LogP contribution in [0.1, 0.15) is 23.6 Å². The van der Waals surface area contributed by atoms with Crippen molar-refractivity contribution in [1.82, 2.24) is 5.32 Å². The lowest BCUT2D eigenvalue weighted by Crippen LogP contribution is -2.35. The Labute approximate surface area is 145 Å². The van der Waals surface area contributed by atoms with Crippen molar-refractivity contribution in [3.63, 3.8) is 0 Å². The van der Waals surface area contributed by atoms with Gasteiger partial charge in [-0.2, -0.15) is 5.26 Å². The molecule has 0 fully saturated rings. The Hall–Kier alpha value is -3.20. The summed E-state index contributed by atoms with van der Waals surface area (Å²) in [7, 11) is 1.49. The smallest absolute Gasteiger partial charge is 0.258 e. The molecule has 0 aliphatic carbocycles. The zero-order chi connectivity index (χ0) is 17.6. The van der Waals surface area contributed by atoms with Gasteiger partial charge in [0.25, 0.3) is 5.91 Å². The zero-order valence-corrected chi connectivity index (χ0v) is 13.8. The standard InChI is InChI=1S/C19H18N2O4/c1-23-18-10-13(11-20)6-7-17(18)25-12-19(22)21-15-8-9-24-16-5-3-2-4-14(15)16/h2-7,10,15H,8-9,12H2,1H3,(H,21,22). The number of benzene rings is 2. The summed E-state index contributed by atoms with van der Waals surface area (Å²) in [5, 5.41) is 11.9. The van der Waals surface area contributed by atoms with E-state index in [1.165, 1.54) is 7.11 Å². The molecular weight excluding hydrogens is 320 g/mol. The summed E-state index contributed by atoms with van der Waals surface area (Å²) in [5.74, 6) is 1.41. The number of para-hydroxylation sites is 1. The van der Waals surface area contributed by atoms with Crippen LogP contribution in [0.25, 0.3) is 0 Å². The molecule has 2 aromatic carbocycles. The Kier molecular flexibility index (Phi) is 5.05. The highest BCUT2D eigenvalue weighted by atomic mass is 16.5. The van der Waals surface area contributed by atoms with E-state index in [1.54, 1.807) is 18.2 Å². The summed E-state index contributed by atoms with van der Waals surface area (Å²) < 4.78 is 16.3. The molecule has 6 heteroatoms. The van der Waals surface area contributed by atoms with Gasteiger partial charge >= 0.3 is 0 Å². The number of ether oxygens (including phenoxy) is 3. The number of hydrogen-bond acceptors (Lipinski definition) is 5. The SMILES string of the molecule is COc1cc(C#N)ccc1OCC(=O)NC1CCOc2ccccc21. The van der Waals surface area contributed by atoms with Crippen LogP contribution in [-0.4, -0.2) is 26.2 Å². The van der Waals surface area contributed by atoms with E-state index in [9.17, 15) is 4.79 Å². The Bertz CT molecular complexity index is 813. The number of hydrogen-bond donors (Lipinski definition) is 1. The van der Waals surface area contributed by atoms with Gasteiger partial charge in [0.1, 0.15) is 5.75 Å². The number of amides is 1. The summed E-state index contributed by atoms with van der Waals surface area (Å²) in [4.78, 5) is 12.2. The minimum Gasteiger partial charge on any atom is -0.493 e. The van der Waals surface area contributed by atoms with Crippen LogP contribution in [0.15, 0.2) is 42.5 Å². The summed E-state index contributed by atoms with van der Waals surface area (Å²) >= 11 is 0. The van der Waals surface area contributed by atoms with Crippen molar-refractivity contribution in [1.29, 1.82) is 5.26 Å². The molecule has 128 valence electrons. The highest BCUT2D eigenvalue weighted by Gasteiger charge is 2.22. The second kappa shape index (κ2) is 7.58. The van der Waals surface area contributed by atoms with Gasteiger partial charge in [0.05, 0.1) is 31.4 Å². The molecule has 2 aromatic rings. The van der Waals surface area contributed by atoms with Crippen molar-refractivity contribution >= 4 is 5.91 Å². The minimum absolute atomic E-state index is 0.0936. The first-order chi connectivity index (χ1) is 12.2. The molecule has 1 heterocycles. The van der Waals surface area contributed by atoms with Gasteiger partial charge < -0.3 is 19.5 Å². The van der Waals surface area contributed by atoms with Gasteiger partial charge in [-0.05, 0) is 18.2 Å². The van der Waals surface area contributed by atoms with E-state index in [4.69, 9.17) is 19.5 Å². The monoisotopic (exact) mass is 338 g/mol. The number of nitriles is 1. The quantitative estimate of drug-likeness (QED) is 0.906. The average Bonchev–Trinajstić information content (AvgIpc) is 2.66. The Morgan fingerprint density at radius 2 is 2.16 bits per heavy atom. The summed E-state index contributed by atoms with van der Waals surface area (Å²) in [6.07, 6.45) is 0.711. The van der Waals surface area contributed by atoms with Crippen molar-refractivity contribution < 1.29 is 19.0 Å². The molecule has 1 aliphatic heterocycles. The second-order valence-electron chi connectivity index (χ2n) is 5.56. The molecule has 1 atom stereocenters. The fourth-order valence-corrected chi connectivity index (χ4v) is 2.73. The lowest BCUT2D eigenvalue weighted by Gasteiger charge is -2.26. The number of nitrogens with one attached hydrogen (secondary N) is 1. The van der Waals surface area contributed by atoms with Crippen LogP contribution in [0.3, 0.4) is 0 Å². The summed E-state index contributed by atoms with van der Waals surface area (Å²) in [5.41, 5.74) is 1.44. The summed E-state index contributed by atoms with van der Waals surface area (Å²) in [6, 6.07) is 14.4. The molecule has 1 unspecified atom stereocenters. The first kappa shape index (κ1) is 16.7. The van der Waals surface area contributed by atoms with E-state index in [-0.39, 0.29) is 18.6 Å². The number of rotatable bonds is 5. The minimum atomic E-state index is -0.229. The normalized spacial score (nSPS) is 15.3. The third-order valence-electron chi connectivity index (χ3n) is 3.95.